The normalized spacial score (nSPS) is 15.7. The number of amides is 2. The Kier molecular flexibility index (Phi) is 14.0. The summed E-state index contributed by atoms with van der Waals surface area (Å²) in [7, 11) is 0. The van der Waals surface area contributed by atoms with E-state index in [1.807, 2.05) is 84.9 Å². The zero-order valence-electron chi connectivity index (χ0n) is 22.9. The molecule has 2 saturated heterocycles. The molecule has 5 rings (SSSR count). The summed E-state index contributed by atoms with van der Waals surface area (Å²) < 4.78 is 15.9. The lowest BCUT2D eigenvalue weighted by Crippen LogP contribution is -2.40. The number of aryl methyl sites for hydroxylation is 1. The first-order chi connectivity index (χ1) is 19.6. The predicted molar refractivity (Wildman–Crippen MR) is 162 cm³/mol. The summed E-state index contributed by atoms with van der Waals surface area (Å²) in [6.07, 6.45) is 5.21. The number of halogens is 1. The van der Waals surface area contributed by atoms with Crippen LogP contribution < -0.4 is 4.74 Å². The summed E-state index contributed by atoms with van der Waals surface area (Å²) in [5.74, 6) is 0.581. The third kappa shape index (κ3) is 11.0. The maximum absolute atomic E-state index is 12.8. The zero-order chi connectivity index (χ0) is 28.4. The van der Waals surface area contributed by atoms with Crippen molar-refractivity contribution < 1.29 is 23.8 Å². The second-order valence-corrected chi connectivity index (χ2v) is 10.0. The van der Waals surface area contributed by atoms with Gasteiger partial charge in [0.1, 0.15) is 19.0 Å². The summed E-state index contributed by atoms with van der Waals surface area (Å²) in [5.41, 5.74) is 3.21. The van der Waals surface area contributed by atoms with E-state index < -0.39 is 6.09 Å². The molecule has 2 aliphatic rings. The van der Waals surface area contributed by atoms with Crippen LogP contribution in [-0.4, -0.2) is 48.1 Å². The van der Waals surface area contributed by atoms with E-state index in [0.717, 1.165) is 41.0 Å². The molecule has 0 aliphatic carbocycles. The molecule has 0 aromatic heterocycles. The van der Waals surface area contributed by atoms with E-state index in [0.29, 0.717) is 19.4 Å². The molecule has 3 aromatic carbocycles. The zero-order valence-corrected chi connectivity index (χ0v) is 24.5. The number of carbonyl (C=O) groups excluding carboxylic acids is 2. The number of rotatable bonds is 9. The average molecular weight is 609 g/mol. The minimum Gasteiger partial charge on any atom is -0.489 e. The van der Waals surface area contributed by atoms with Gasteiger partial charge in [0.15, 0.2) is 0 Å². The number of imide groups is 1. The Balaban J connectivity index is 0.000000420. The van der Waals surface area contributed by atoms with E-state index in [-0.39, 0.29) is 25.0 Å². The van der Waals surface area contributed by atoms with E-state index in [1.54, 1.807) is 6.08 Å². The van der Waals surface area contributed by atoms with Gasteiger partial charge in [-0.3, -0.25) is 4.79 Å². The lowest BCUT2D eigenvalue weighted by atomic mass is 10.0. The number of benzene rings is 3. The number of allylic oxidation sites excluding steroid dienone is 1. The van der Waals surface area contributed by atoms with Gasteiger partial charge in [-0.25, -0.2) is 9.69 Å². The van der Waals surface area contributed by atoms with Gasteiger partial charge >= 0.3 is 6.09 Å². The third-order valence-corrected chi connectivity index (χ3v) is 6.74. The second-order valence-electron chi connectivity index (χ2n) is 9.36. The Morgan fingerprint density at radius 1 is 0.925 bits per heavy atom. The van der Waals surface area contributed by atoms with Crippen LogP contribution in [0.3, 0.4) is 0 Å². The van der Waals surface area contributed by atoms with Crippen LogP contribution >= 0.6 is 15.9 Å². The number of nitrogens with zero attached hydrogens (tertiary/aromatic N) is 1. The fourth-order valence-corrected chi connectivity index (χ4v) is 4.18. The van der Waals surface area contributed by atoms with E-state index >= 15 is 0 Å². The van der Waals surface area contributed by atoms with E-state index in [1.165, 1.54) is 17.7 Å². The number of cyclic esters (lactones) is 1. The lowest BCUT2D eigenvalue weighted by Gasteiger charge is -2.19. The second kappa shape index (κ2) is 18.0. The first-order valence-electron chi connectivity index (χ1n) is 13.6. The summed E-state index contributed by atoms with van der Waals surface area (Å²) in [4.78, 5) is 26.2. The van der Waals surface area contributed by atoms with Crippen molar-refractivity contribution in [3.05, 3.63) is 114 Å². The van der Waals surface area contributed by atoms with E-state index in [2.05, 4.69) is 22.5 Å². The Morgan fingerprint density at radius 2 is 1.52 bits per heavy atom. The van der Waals surface area contributed by atoms with Gasteiger partial charge in [0.2, 0.25) is 5.91 Å². The SMILES string of the molecule is C1CCOC1.C=CCBr.O=C(CCc1ccc(OCc2ccccc2)cc1)N1C(=O)OC[C@@H]1Cc1ccccc1. The van der Waals surface area contributed by atoms with Crippen LogP contribution in [-0.2, 0) is 33.7 Å². The molecule has 2 fully saturated rings. The van der Waals surface area contributed by atoms with Crippen molar-refractivity contribution >= 4 is 27.9 Å². The van der Waals surface area contributed by atoms with Crippen LogP contribution in [0.15, 0.2) is 97.6 Å². The number of hydrogen-bond acceptors (Lipinski definition) is 5. The summed E-state index contributed by atoms with van der Waals surface area (Å²) in [5, 5.41) is 0.896. The number of hydrogen-bond donors (Lipinski definition) is 0. The highest BCUT2D eigenvalue weighted by Crippen LogP contribution is 2.20. The Morgan fingerprint density at radius 3 is 2.08 bits per heavy atom. The van der Waals surface area contributed by atoms with E-state index in [4.69, 9.17) is 14.2 Å². The molecule has 212 valence electrons. The first kappa shape index (κ1) is 31.1. The highest BCUT2D eigenvalue weighted by Gasteiger charge is 2.37. The van der Waals surface area contributed by atoms with Crippen molar-refractivity contribution in [2.45, 2.75) is 44.8 Å². The van der Waals surface area contributed by atoms with Gasteiger partial charge in [-0.15, -0.1) is 6.58 Å². The quantitative estimate of drug-likeness (QED) is 0.191. The van der Waals surface area contributed by atoms with Crippen molar-refractivity contribution in [3.8, 4) is 5.75 Å². The number of alkyl halides is 1. The van der Waals surface area contributed by atoms with Gasteiger partial charge in [0, 0.05) is 25.0 Å². The Labute approximate surface area is 246 Å². The third-order valence-electron chi connectivity index (χ3n) is 6.28. The van der Waals surface area contributed by atoms with Gasteiger partial charge in [0.25, 0.3) is 0 Å². The predicted octanol–water partition coefficient (Wildman–Crippen LogP) is 7.15. The van der Waals surface area contributed by atoms with Crippen LogP contribution in [0, 0.1) is 0 Å². The largest absolute Gasteiger partial charge is 0.489 e. The molecule has 1 atom stereocenters. The highest BCUT2D eigenvalue weighted by molar-refractivity contribution is 9.09. The van der Waals surface area contributed by atoms with Crippen molar-refractivity contribution in [2.24, 2.45) is 0 Å². The Hall–Kier alpha value is -3.42. The van der Waals surface area contributed by atoms with Crippen molar-refractivity contribution in [1.82, 2.24) is 4.90 Å². The summed E-state index contributed by atoms with van der Waals surface area (Å²) in [6.45, 7) is 6.19. The van der Waals surface area contributed by atoms with Crippen molar-refractivity contribution in [1.29, 1.82) is 0 Å². The minimum absolute atomic E-state index is 0.201. The van der Waals surface area contributed by atoms with Gasteiger partial charge < -0.3 is 14.2 Å². The van der Waals surface area contributed by atoms with Crippen LogP contribution in [0.5, 0.6) is 5.75 Å². The molecular formula is C33H38BrNO5. The maximum atomic E-state index is 12.8. The highest BCUT2D eigenvalue weighted by atomic mass is 79.9. The fourth-order valence-electron chi connectivity index (χ4n) is 4.18. The molecule has 7 heteroatoms. The van der Waals surface area contributed by atoms with Crippen LogP contribution in [0.2, 0.25) is 0 Å². The van der Waals surface area contributed by atoms with Crippen molar-refractivity contribution in [3.63, 3.8) is 0 Å². The molecule has 0 radical (unpaired) electrons. The van der Waals surface area contributed by atoms with Crippen LogP contribution in [0.1, 0.15) is 36.0 Å². The Bertz CT molecular complexity index is 1140. The molecule has 2 aliphatic heterocycles. The average Bonchev–Trinajstić information content (AvgIpc) is 3.71. The molecule has 6 nitrogen and oxygen atoms in total. The molecule has 40 heavy (non-hydrogen) atoms. The van der Waals surface area contributed by atoms with E-state index in [9.17, 15) is 9.59 Å². The first-order valence-corrected chi connectivity index (χ1v) is 14.8. The van der Waals surface area contributed by atoms with Crippen LogP contribution in [0.25, 0.3) is 0 Å². The van der Waals surface area contributed by atoms with Gasteiger partial charge in [-0.1, -0.05) is 94.8 Å². The van der Waals surface area contributed by atoms with Crippen molar-refractivity contribution in [2.75, 3.05) is 25.2 Å². The fraction of sp³-hybridized carbons (Fsp3) is 0.333. The van der Waals surface area contributed by atoms with Gasteiger partial charge in [-0.05, 0) is 54.5 Å². The molecular weight excluding hydrogens is 570 g/mol. The smallest absolute Gasteiger partial charge is 0.416 e. The van der Waals surface area contributed by atoms with Gasteiger partial charge in [-0.2, -0.15) is 0 Å². The molecule has 0 saturated carbocycles. The monoisotopic (exact) mass is 607 g/mol. The molecule has 3 aromatic rings. The topological polar surface area (TPSA) is 65.1 Å². The lowest BCUT2D eigenvalue weighted by molar-refractivity contribution is -0.129. The number of ether oxygens (including phenoxy) is 3. The minimum atomic E-state index is -0.546. The molecule has 0 N–H and O–H groups in total. The maximum Gasteiger partial charge on any atom is 0.416 e. The number of carbonyl (C=O) groups is 2. The molecule has 0 bridgehead atoms. The molecule has 2 amide bonds. The molecule has 2 heterocycles. The molecule has 0 spiro atoms. The summed E-state index contributed by atoms with van der Waals surface area (Å²) >= 11 is 3.13. The molecule has 0 unspecified atom stereocenters. The summed E-state index contributed by atoms with van der Waals surface area (Å²) in [6, 6.07) is 27.3. The van der Waals surface area contributed by atoms with Gasteiger partial charge in [0.05, 0.1) is 6.04 Å². The van der Waals surface area contributed by atoms with Crippen LogP contribution in [0.4, 0.5) is 4.79 Å². The standard InChI is InChI=1S/C26H25NO4.C4H8O.C3H5Br/c28-25(27-23(19-31-26(27)29)17-21-7-3-1-4-8-21)16-13-20-11-14-24(15-12-20)30-18-22-9-5-2-6-10-22;1-2-4-5-3-1;1-2-3-4/h1-12,14-15,23H,13,16-19H2;1-4H2;2H,1,3H2/t23-;;/m0../s1.